The Morgan fingerprint density at radius 2 is 1.69 bits per heavy atom. The zero-order valence-electron chi connectivity index (χ0n) is 32.4. The van der Waals surface area contributed by atoms with Crippen LogP contribution in [0.5, 0.6) is 5.88 Å². The van der Waals surface area contributed by atoms with Crippen molar-refractivity contribution in [1.29, 1.82) is 0 Å². The minimum atomic E-state index is -4.19. The summed E-state index contributed by atoms with van der Waals surface area (Å²) in [5.74, 6) is -8.29. The van der Waals surface area contributed by atoms with Crippen LogP contribution in [0.3, 0.4) is 0 Å². The molecule has 5 fully saturated rings. The summed E-state index contributed by atoms with van der Waals surface area (Å²) in [5, 5.41) is 4.20. The van der Waals surface area contributed by atoms with Crippen molar-refractivity contribution < 1.29 is 54.6 Å². The normalized spacial score (nSPS) is 33.7. The van der Waals surface area contributed by atoms with Gasteiger partial charge in [0.2, 0.25) is 34.1 Å². The molecule has 2 aliphatic heterocycles. The Hall–Kier alpha value is -4.29. The smallest absolute Gasteiger partial charge is 0.408 e. The molecule has 3 heterocycles. The number of rotatable bonds is 6. The number of sulfonamides is 1. The van der Waals surface area contributed by atoms with E-state index in [0.717, 1.165) is 11.3 Å². The van der Waals surface area contributed by atoms with E-state index in [1.165, 1.54) is 0 Å². The summed E-state index contributed by atoms with van der Waals surface area (Å²) in [7, 11) is -4.19. The lowest BCUT2D eigenvalue weighted by molar-refractivity contribution is -0.143. The van der Waals surface area contributed by atoms with Gasteiger partial charge in [0.1, 0.15) is 29.8 Å². The number of fused-ring (bicyclic) bond motifs is 7. The van der Waals surface area contributed by atoms with E-state index < -0.39 is 124 Å². The van der Waals surface area contributed by atoms with E-state index in [1.54, 1.807) is 45.0 Å². The minimum absolute atomic E-state index is 0.0397. The van der Waals surface area contributed by atoms with Crippen LogP contribution in [0.4, 0.5) is 22.4 Å². The molecule has 6 aliphatic rings. The molecule has 1 saturated heterocycles. The van der Waals surface area contributed by atoms with Crippen LogP contribution in [-0.2, 0) is 35.1 Å². The highest BCUT2D eigenvalue weighted by Gasteiger charge is 2.67. The topological polar surface area (TPSA) is 186 Å². The fourth-order valence-corrected chi connectivity index (χ4v) is 10.5. The van der Waals surface area contributed by atoms with E-state index in [-0.39, 0.29) is 42.6 Å². The number of amides is 4. The van der Waals surface area contributed by atoms with E-state index in [0.29, 0.717) is 31.1 Å². The van der Waals surface area contributed by atoms with E-state index >= 15 is 8.78 Å². The Kier molecular flexibility index (Phi) is 10.1. The molecule has 3 N–H and O–H groups in total. The van der Waals surface area contributed by atoms with Crippen molar-refractivity contribution in [2.75, 3.05) is 6.54 Å². The molecule has 2 bridgehead atoms. The first-order valence-corrected chi connectivity index (χ1v) is 21.6. The average molecular weight is 837 g/mol. The number of hydrogen-bond acceptors (Lipinski definition) is 10. The highest BCUT2D eigenvalue weighted by atomic mass is 32.2. The van der Waals surface area contributed by atoms with Gasteiger partial charge in [0.25, 0.3) is 11.8 Å². The number of carbonyl (C=O) groups is 4. The summed E-state index contributed by atoms with van der Waals surface area (Å²) >= 11 is 0. The maximum atomic E-state index is 16.3. The Labute approximate surface area is 333 Å². The molecule has 0 unspecified atom stereocenters. The van der Waals surface area contributed by atoms with Crippen molar-refractivity contribution in [2.24, 2.45) is 29.1 Å². The third kappa shape index (κ3) is 7.78. The van der Waals surface area contributed by atoms with Gasteiger partial charge in [-0.1, -0.05) is 39.3 Å². The van der Waals surface area contributed by atoms with Crippen molar-refractivity contribution in [3.05, 3.63) is 30.0 Å². The molecule has 19 heteroatoms. The molecule has 0 spiro atoms. The van der Waals surface area contributed by atoms with Crippen LogP contribution in [-0.4, -0.2) is 95.2 Å². The van der Waals surface area contributed by atoms with Gasteiger partial charge in [-0.05, 0) is 80.2 Å². The van der Waals surface area contributed by atoms with Crippen LogP contribution in [0.25, 0.3) is 11.0 Å². The molecule has 9 atom stereocenters. The Morgan fingerprint density at radius 3 is 2.34 bits per heavy atom. The van der Waals surface area contributed by atoms with Crippen molar-refractivity contribution in [3.63, 3.8) is 0 Å². The van der Waals surface area contributed by atoms with Gasteiger partial charge in [0.05, 0.1) is 28.7 Å². The number of nitrogens with one attached hydrogen (secondary N) is 3. The predicted molar refractivity (Wildman–Crippen MR) is 198 cm³/mol. The molecule has 0 radical (unpaired) electrons. The van der Waals surface area contributed by atoms with Gasteiger partial charge in [-0.3, -0.25) is 19.1 Å². The van der Waals surface area contributed by atoms with Gasteiger partial charge in [-0.15, -0.1) is 0 Å². The second-order valence-electron chi connectivity index (χ2n) is 18.0. The highest BCUT2D eigenvalue weighted by molar-refractivity contribution is 7.91. The Bertz CT molecular complexity index is 2120. The van der Waals surface area contributed by atoms with Gasteiger partial charge >= 0.3 is 6.09 Å². The third-order valence-corrected chi connectivity index (χ3v) is 14.6. The van der Waals surface area contributed by atoms with E-state index in [4.69, 9.17) is 9.47 Å². The molecule has 1 aromatic heterocycles. The molecular formula is C39H48F4N6O8S. The summed E-state index contributed by atoms with van der Waals surface area (Å²) in [5.41, 5.74) is -3.56. The number of para-hydroxylation sites is 2. The standard InChI is InChI=1S/C39H48F4N6O8S/c1-37(2,3)30-34(51)49-18-20(16-27(49)32(50)47-38(17-24(38)31(40)41)35(52)48-58(54,55)21-11-12-21)56-33-29(44-25-9-4-5-10-26(25)45-33)39(42,43)13-7-6-8-22-23-14-19(23)15-28(22)57-36(53)46-30/h4-5,9-10,19-24,27-28,30-31H,6-8,11-18H2,1-3H3,(H,46,53)(H,47,50)(H,48,52)/t19-,20+,22+,23-,24-,27-,28+,30+,38+/m0/s1. The second kappa shape index (κ2) is 14.5. The molecule has 58 heavy (non-hydrogen) atoms. The number of nitrogens with zero attached hydrogens (tertiary/aromatic N) is 3. The summed E-state index contributed by atoms with van der Waals surface area (Å²) in [6, 6.07) is 3.54. The first kappa shape index (κ1) is 40.5. The number of benzene rings is 1. The zero-order chi connectivity index (χ0) is 41.5. The summed E-state index contributed by atoms with van der Waals surface area (Å²) in [6.45, 7) is 4.65. The first-order valence-electron chi connectivity index (χ1n) is 20.0. The van der Waals surface area contributed by atoms with Gasteiger partial charge in [-0.2, -0.15) is 8.78 Å². The number of carbonyl (C=O) groups excluding carboxylic acids is 4. The van der Waals surface area contributed by atoms with Crippen LogP contribution in [0, 0.1) is 29.1 Å². The third-order valence-electron chi connectivity index (χ3n) is 12.7. The second-order valence-corrected chi connectivity index (χ2v) is 20.0. The van der Waals surface area contributed by atoms with E-state index in [1.807, 2.05) is 4.72 Å². The molecule has 1 aromatic carbocycles. The Balaban J connectivity index is 1.15. The fourth-order valence-electron chi connectivity index (χ4n) is 9.18. The molecule has 14 nitrogen and oxygen atoms in total. The van der Waals surface area contributed by atoms with Crippen LogP contribution >= 0.6 is 0 Å². The van der Waals surface area contributed by atoms with E-state index in [2.05, 4.69) is 20.6 Å². The van der Waals surface area contributed by atoms with Gasteiger partial charge in [0, 0.05) is 12.8 Å². The molecule has 4 aliphatic carbocycles. The van der Waals surface area contributed by atoms with Crippen LogP contribution in [0.15, 0.2) is 24.3 Å². The maximum Gasteiger partial charge on any atom is 0.408 e. The minimum Gasteiger partial charge on any atom is -0.471 e. The first-order chi connectivity index (χ1) is 27.3. The van der Waals surface area contributed by atoms with Crippen molar-refractivity contribution >= 4 is 44.9 Å². The van der Waals surface area contributed by atoms with Crippen LogP contribution in [0.1, 0.15) is 90.7 Å². The number of aromatic nitrogens is 2. The fraction of sp³-hybridized carbons (Fsp3) is 0.692. The van der Waals surface area contributed by atoms with E-state index in [9.17, 15) is 36.4 Å². The van der Waals surface area contributed by atoms with Gasteiger partial charge in [0.15, 0.2) is 5.69 Å². The molecule has 4 saturated carbocycles. The largest absolute Gasteiger partial charge is 0.471 e. The summed E-state index contributed by atoms with van der Waals surface area (Å²) in [6.07, 6.45) is -3.86. The molecule has 4 amide bonds. The predicted octanol–water partition coefficient (Wildman–Crippen LogP) is 4.56. The lowest BCUT2D eigenvalue weighted by atomic mass is 9.85. The van der Waals surface area contributed by atoms with Crippen LogP contribution in [0.2, 0.25) is 0 Å². The monoisotopic (exact) mass is 836 g/mol. The van der Waals surface area contributed by atoms with Crippen molar-refractivity contribution in [3.8, 4) is 5.88 Å². The van der Waals surface area contributed by atoms with Crippen molar-refractivity contribution in [1.82, 2.24) is 30.2 Å². The SMILES string of the molecule is CC(C)(C)[C@@H]1NC(=O)O[C@@H]2C[C@@H]3C[C@@H]3[C@H]2CCCCC(F)(F)c2nc3ccccc3nc2O[C@@H]2C[C@@H](C(=O)N[C@]3(C(=O)NS(=O)(=O)C4CC4)C[C@H]3C(F)F)N(C2)C1=O. The quantitative estimate of drug-likeness (QED) is 0.349. The number of alkyl carbamates (subject to hydrolysis) is 1. The molecule has 316 valence electrons. The number of ether oxygens (including phenoxy) is 2. The molecular weight excluding hydrogens is 789 g/mol. The Morgan fingerprint density at radius 1 is 0.983 bits per heavy atom. The highest BCUT2D eigenvalue weighted by Crippen LogP contribution is 2.58. The van der Waals surface area contributed by atoms with Gasteiger partial charge in [-0.25, -0.2) is 32.0 Å². The average Bonchev–Trinajstić information content (AvgIpc) is 4.08. The summed E-state index contributed by atoms with van der Waals surface area (Å²) < 4.78 is 100. The number of halogens is 4. The van der Waals surface area contributed by atoms with Gasteiger partial charge < -0.3 is 25.0 Å². The lowest BCUT2D eigenvalue weighted by Crippen LogP contribution is -2.60. The lowest BCUT2D eigenvalue weighted by Gasteiger charge is -2.36. The number of hydrogen-bond donors (Lipinski definition) is 3. The maximum absolute atomic E-state index is 16.3. The molecule has 2 aromatic rings. The zero-order valence-corrected chi connectivity index (χ0v) is 33.2. The summed E-state index contributed by atoms with van der Waals surface area (Å²) in [4.78, 5) is 65.7. The van der Waals surface area contributed by atoms with Crippen LogP contribution < -0.4 is 20.1 Å². The van der Waals surface area contributed by atoms with Crippen molar-refractivity contribution in [2.45, 2.75) is 132 Å². The number of alkyl halides is 4. The molecule has 8 rings (SSSR count).